The molecule has 1 heterocycles. The number of aromatic nitrogens is 1. The van der Waals surface area contributed by atoms with E-state index >= 15 is 0 Å². The van der Waals surface area contributed by atoms with E-state index in [2.05, 4.69) is 15.6 Å². The third-order valence-corrected chi connectivity index (χ3v) is 3.06. The molecule has 92 valence electrons. The van der Waals surface area contributed by atoms with Gasteiger partial charge < -0.3 is 10.6 Å². The van der Waals surface area contributed by atoms with Crippen LogP contribution in [0.25, 0.3) is 0 Å². The summed E-state index contributed by atoms with van der Waals surface area (Å²) in [7, 11) is 0. The maximum absolute atomic E-state index is 11.5. The largest absolute Gasteiger partial charge is 0.353 e. The van der Waals surface area contributed by atoms with Crippen molar-refractivity contribution in [2.75, 3.05) is 6.54 Å². The van der Waals surface area contributed by atoms with Crippen LogP contribution in [0.2, 0.25) is 0 Å². The molecule has 6 heteroatoms. The van der Waals surface area contributed by atoms with E-state index in [0.29, 0.717) is 31.1 Å². The lowest BCUT2D eigenvalue weighted by Crippen LogP contribution is -2.28. The van der Waals surface area contributed by atoms with Crippen molar-refractivity contribution in [2.45, 2.75) is 31.7 Å². The van der Waals surface area contributed by atoms with Crippen LogP contribution >= 0.6 is 11.3 Å². The second-order valence-electron chi connectivity index (χ2n) is 4.07. The second kappa shape index (κ2) is 5.77. The molecule has 1 aliphatic rings. The van der Waals surface area contributed by atoms with Gasteiger partial charge in [-0.1, -0.05) is 0 Å². The summed E-state index contributed by atoms with van der Waals surface area (Å²) in [6.45, 7) is 0.508. The summed E-state index contributed by atoms with van der Waals surface area (Å²) in [4.78, 5) is 26.7. The molecule has 2 N–H and O–H groups in total. The Kier molecular flexibility index (Phi) is 4.08. The molecule has 2 rings (SSSR count). The molecule has 0 bridgehead atoms. The Morgan fingerprint density at radius 2 is 2.29 bits per heavy atom. The lowest BCUT2D eigenvalue weighted by molar-refractivity contribution is -0.121. The lowest BCUT2D eigenvalue weighted by Gasteiger charge is -2.04. The third kappa shape index (κ3) is 4.14. The first-order valence-electron chi connectivity index (χ1n) is 5.71. The molecule has 0 aromatic carbocycles. The van der Waals surface area contributed by atoms with Crippen molar-refractivity contribution in [3.63, 3.8) is 0 Å². The van der Waals surface area contributed by atoms with Crippen LogP contribution in [0.3, 0.4) is 0 Å². The number of nitrogens with zero attached hydrogens (tertiary/aromatic N) is 1. The summed E-state index contributed by atoms with van der Waals surface area (Å²) in [5.74, 6) is -0.0933. The summed E-state index contributed by atoms with van der Waals surface area (Å²) in [5.41, 5.74) is 2.07. The van der Waals surface area contributed by atoms with Gasteiger partial charge in [0.15, 0.2) is 0 Å². The van der Waals surface area contributed by atoms with Gasteiger partial charge in [0.2, 0.25) is 5.91 Å². The molecule has 1 aromatic rings. The molecule has 0 radical (unpaired) electrons. The van der Waals surface area contributed by atoms with Crippen LogP contribution in [-0.4, -0.2) is 29.4 Å². The standard InChI is InChI=1S/C11H15N3O2S/c15-10(14-8-3-4-8)2-1-5-12-11(16)9-6-17-7-13-9/h6-8H,1-5H2,(H,12,16)(H,14,15). The number of amides is 2. The fourth-order valence-corrected chi connectivity index (χ4v) is 1.93. The van der Waals surface area contributed by atoms with Crippen LogP contribution in [0, 0.1) is 0 Å². The van der Waals surface area contributed by atoms with Crippen molar-refractivity contribution in [1.82, 2.24) is 15.6 Å². The van der Waals surface area contributed by atoms with E-state index < -0.39 is 0 Å². The number of hydrogen-bond acceptors (Lipinski definition) is 4. The number of nitrogens with one attached hydrogen (secondary N) is 2. The molecule has 1 saturated carbocycles. The van der Waals surface area contributed by atoms with Gasteiger partial charge in [0.05, 0.1) is 5.51 Å². The van der Waals surface area contributed by atoms with Gasteiger partial charge in [-0.3, -0.25) is 9.59 Å². The van der Waals surface area contributed by atoms with E-state index in [0.717, 1.165) is 12.8 Å². The molecule has 0 spiro atoms. The Balaban J connectivity index is 1.56. The topological polar surface area (TPSA) is 71.1 Å². The van der Waals surface area contributed by atoms with Crippen molar-refractivity contribution in [3.05, 3.63) is 16.6 Å². The predicted molar refractivity (Wildman–Crippen MR) is 64.8 cm³/mol. The van der Waals surface area contributed by atoms with E-state index in [9.17, 15) is 9.59 Å². The summed E-state index contributed by atoms with van der Waals surface area (Å²) in [6.07, 6.45) is 3.33. The average Bonchev–Trinajstić information content (AvgIpc) is 2.96. The van der Waals surface area contributed by atoms with E-state index in [4.69, 9.17) is 0 Å². The average molecular weight is 253 g/mol. The van der Waals surface area contributed by atoms with E-state index in [1.54, 1.807) is 10.9 Å². The minimum atomic E-state index is -0.172. The minimum Gasteiger partial charge on any atom is -0.353 e. The molecule has 1 aromatic heterocycles. The lowest BCUT2D eigenvalue weighted by atomic mass is 10.3. The molecule has 2 amide bonds. The molecule has 1 aliphatic carbocycles. The van der Waals surface area contributed by atoms with Crippen LogP contribution in [0.5, 0.6) is 0 Å². The monoisotopic (exact) mass is 253 g/mol. The Morgan fingerprint density at radius 3 is 2.94 bits per heavy atom. The Morgan fingerprint density at radius 1 is 1.47 bits per heavy atom. The number of carbonyl (C=O) groups is 2. The Bertz CT molecular complexity index is 387. The van der Waals surface area contributed by atoms with Gasteiger partial charge in [-0.2, -0.15) is 0 Å². The number of thiazole rings is 1. The van der Waals surface area contributed by atoms with Gasteiger partial charge in [-0.05, 0) is 19.3 Å². The van der Waals surface area contributed by atoms with Crippen LogP contribution in [-0.2, 0) is 4.79 Å². The molecule has 5 nitrogen and oxygen atoms in total. The summed E-state index contributed by atoms with van der Waals surface area (Å²) in [5, 5.41) is 7.35. The predicted octanol–water partition coefficient (Wildman–Crippen LogP) is 0.932. The third-order valence-electron chi connectivity index (χ3n) is 2.47. The van der Waals surface area contributed by atoms with Gasteiger partial charge in [0.25, 0.3) is 5.91 Å². The summed E-state index contributed by atoms with van der Waals surface area (Å²) in [6, 6.07) is 0.409. The second-order valence-corrected chi connectivity index (χ2v) is 4.79. The molecular formula is C11H15N3O2S. The molecule has 0 unspecified atom stereocenters. The van der Waals surface area contributed by atoms with Gasteiger partial charge in [0, 0.05) is 24.4 Å². The molecule has 0 saturated heterocycles. The zero-order valence-corrected chi connectivity index (χ0v) is 10.3. The first kappa shape index (κ1) is 12.0. The first-order valence-corrected chi connectivity index (χ1v) is 6.66. The molecule has 1 fully saturated rings. The van der Waals surface area contributed by atoms with Gasteiger partial charge in [0.1, 0.15) is 5.69 Å². The summed E-state index contributed by atoms with van der Waals surface area (Å²) < 4.78 is 0. The molecular weight excluding hydrogens is 238 g/mol. The highest BCUT2D eigenvalue weighted by Crippen LogP contribution is 2.18. The zero-order valence-electron chi connectivity index (χ0n) is 9.44. The van der Waals surface area contributed by atoms with Crippen molar-refractivity contribution >= 4 is 23.2 Å². The highest BCUT2D eigenvalue weighted by Gasteiger charge is 2.22. The zero-order chi connectivity index (χ0) is 12.1. The molecule has 17 heavy (non-hydrogen) atoms. The maximum atomic E-state index is 11.5. The smallest absolute Gasteiger partial charge is 0.270 e. The number of hydrogen-bond donors (Lipinski definition) is 2. The highest BCUT2D eigenvalue weighted by atomic mass is 32.1. The number of rotatable bonds is 6. The van der Waals surface area contributed by atoms with Gasteiger partial charge in [-0.15, -0.1) is 11.3 Å². The fraction of sp³-hybridized carbons (Fsp3) is 0.545. The quantitative estimate of drug-likeness (QED) is 0.741. The van der Waals surface area contributed by atoms with E-state index in [-0.39, 0.29) is 11.8 Å². The summed E-state index contributed by atoms with van der Waals surface area (Å²) >= 11 is 1.39. The van der Waals surface area contributed by atoms with E-state index in [1.807, 2.05) is 0 Å². The molecule has 0 aliphatic heterocycles. The van der Waals surface area contributed by atoms with Crippen molar-refractivity contribution in [2.24, 2.45) is 0 Å². The van der Waals surface area contributed by atoms with Crippen molar-refractivity contribution in [3.8, 4) is 0 Å². The van der Waals surface area contributed by atoms with Crippen molar-refractivity contribution in [1.29, 1.82) is 0 Å². The molecule has 0 atom stereocenters. The van der Waals surface area contributed by atoms with Gasteiger partial charge >= 0.3 is 0 Å². The van der Waals surface area contributed by atoms with Crippen molar-refractivity contribution < 1.29 is 9.59 Å². The Hall–Kier alpha value is -1.43. The first-order chi connectivity index (χ1) is 8.25. The Labute approximate surface area is 104 Å². The van der Waals surface area contributed by atoms with Crippen LogP contribution in [0.1, 0.15) is 36.2 Å². The van der Waals surface area contributed by atoms with E-state index in [1.165, 1.54) is 11.3 Å². The van der Waals surface area contributed by atoms with Crippen LogP contribution in [0.4, 0.5) is 0 Å². The van der Waals surface area contributed by atoms with Crippen LogP contribution < -0.4 is 10.6 Å². The maximum Gasteiger partial charge on any atom is 0.270 e. The normalized spacial score (nSPS) is 14.4. The number of carbonyl (C=O) groups excluding carboxylic acids is 2. The highest BCUT2D eigenvalue weighted by molar-refractivity contribution is 7.07. The fourth-order valence-electron chi connectivity index (χ4n) is 1.39. The van der Waals surface area contributed by atoms with Crippen LogP contribution in [0.15, 0.2) is 10.9 Å². The SMILES string of the molecule is O=C(CCCNC(=O)c1cscn1)NC1CC1. The minimum absolute atomic E-state index is 0.0791. The van der Waals surface area contributed by atoms with Gasteiger partial charge in [-0.25, -0.2) is 4.98 Å².